The van der Waals surface area contributed by atoms with E-state index in [4.69, 9.17) is 0 Å². The molecule has 0 bridgehead atoms. The molecule has 2 N–H and O–H groups in total. The van der Waals surface area contributed by atoms with Gasteiger partial charge in [0, 0.05) is 37.6 Å². The van der Waals surface area contributed by atoms with E-state index in [1.54, 1.807) is 24.8 Å². The minimum Gasteiger partial charge on any atom is -0.355 e. The van der Waals surface area contributed by atoms with Crippen LogP contribution in [0, 0.1) is 0 Å². The standard InChI is InChI=1S/C18H27N7O/c1-3-4-14(2)25-16(5-8-21-25)23-18(26)22-15-6-11-24(12-7-15)17-13-19-9-10-20-17/h5,8-10,13-15H,3-4,6-7,11-12H2,1-2H3,(H2,22,23,26)/t14-/m1/s1. The van der Waals surface area contributed by atoms with Gasteiger partial charge >= 0.3 is 6.03 Å². The first-order chi connectivity index (χ1) is 12.7. The molecule has 0 radical (unpaired) electrons. The predicted molar refractivity (Wildman–Crippen MR) is 101 cm³/mol. The number of carbonyl (C=O) groups is 1. The molecule has 140 valence electrons. The Morgan fingerprint density at radius 3 is 2.81 bits per heavy atom. The van der Waals surface area contributed by atoms with Crippen LogP contribution in [0.2, 0.25) is 0 Å². The monoisotopic (exact) mass is 357 g/mol. The Labute approximate surface area is 154 Å². The second-order valence-electron chi connectivity index (χ2n) is 6.72. The molecule has 0 unspecified atom stereocenters. The van der Waals surface area contributed by atoms with E-state index in [1.807, 2.05) is 10.7 Å². The molecule has 1 aliphatic heterocycles. The molecule has 1 aliphatic rings. The number of nitrogens with one attached hydrogen (secondary N) is 2. The average Bonchev–Trinajstić information content (AvgIpc) is 3.11. The largest absolute Gasteiger partial charge is 0.355 e. The fourth-order valence-electron chi connectivity index (χ4n) is 3.35. The molecule has 0 aliphatic carbocycles. The van der Waals surface area contributed by atoms with Gasteiger partial charge in [-0.3, -0.25) is 10.3 Å². The lowest BCUT2D eigenvalue weighted by atomic mass is 10.1. The summed E-state index contributed by atoms with van der Waals surface area (Å²) < 4.78 is 1.87. The van der Waals surface area contributed by atoms with Crippen LogP contribution in [-0.2, 0) is 0 Å². The number of hydrogen-bond acceptors (Lipinski definition) is 5. The van der Waals surface area contributed by atoms with Gasteiger partial charge in [-0.15, -0.1) is 0 Å². The van der Waals surface area contributed by atoms with Gasteiger partial charge in [0.2, 0.25) is 0 Å². The van der Waals surface area contributed by atoms with E-state index < -0.39 is 0 Å². The van der Waals surface area contributed by atoms with Crippen LogP contribution in [0.4, 0.5) is 16.4 Å². The van der Waals surface area contributed by atoms with Crippen molar-refractivity contribution >= 4 is 17.7 Å². The molecule has 2 aromatic heterocycles. The summed E-state index contributed by atoms with van der Waals surface area (Å²) in [7, 11) is 0. The molecule has 0 spiro atoms. The van der Waals surface area contributed by atoms with E-state index in [-0.39, 0.29) is 18.1 Å². The smallest absolute Gasteiger partial charge is 0.320 e. The van der Waals surface area contributed by atoms with Gasteiger partial charge in [0.1, 0.15) is 11.6 Å². The maximum Gasteiger partial charge on any atom is 0.320 e. The Morgan fingerprint density at radius 1 is 1.31 bits per heavy atom. The van der Waals surface area contributed by atoms with Crippen LogP contribution in [0.5, 0.6) is 0 Å². The summed E-state index contributed by atoms with van der Waals surface area (Å²) in [4.78, 5) is 23.0. The summed E-state index contributed by atoms with van der Waals surface area (Å²) in [5.41, 5.74) is 0. The molecule has 0 aromatic carbocycles. The molecule has 1 saturated heterocycles. The Balaban J connectivity index is 1.49. The summed E-state index contributed by atoms with van der Waals surface area (Å²) in [6.45, 7) is 5.97. The molecule has 8 heteroatoms. The van der Waals surface area contributed by atoms with E-state index in [0.717, 1.165) is 50.4 Å². The van der Waals surface area contributed by atoms with Gasteiger partial charge in [-0.1, -0.05) is 13.3 Å². The van der Waals surface area contributed by atoms with Crippen molar-refractivity contribution in [1.82, 2.24) is 25.1 Å². The number of anilines is 2. The fourth-order valence-corrected chi connectivity index (χ4v) is 3.35. The molecule has 2 aromatic rings. The maximum atomic E-state index is 12.4. The molecule has 26 heavy (non-hydrogen) atoms. The van der Waals surface area contributed by atoms with Crippen molar-refractivity contribution in [2.75, 3.05) is 23.3 Å². The molecule has 1 atom stereocenters. The number of urea groups is 1. The third kappa shape index (κ3) is 4.50. The molecule has 3 rings (SSSR count). The van der Waals surface area contributed by atoms with Crippen molar-refractivity contribution < 1.29 is 4.79 Å². The Bertz CT molecular complexity index is 695. The first-order valence-electron chi connectivity index (χ1n) is 9.29. The zero-order chi connectivity index (χ0) is 18.4. The van der Waals surface area contributed by atoms with E-state index in [1.165, 1.54) is 0 Å². The van der Waals surface area contributed by atoms with Gasteiger partial charge in [-0.2, -0.15) is 5.10 Å². The third-order valence-corrected chi connectivity index (χ3v) is 4.74. The molecule has 8 nitrogen and oxygen atoms in total. The van der Waals surface area contributed by atoms with Crippen molar-refractivity contribution in [2.24, 2.45) is 0 Å². The fraction of sp³-hybridized carbons (Fsp3) is 0.556. The highest BCUT2D eigenvalue weighted by Gasteiger charge is 2.22. The van der Waals surface area contributed by atoms with Crippen molar-refractivity contribution in [3.05, 3.63) is 30.9 Å². The number of amides is 2. The van der Waals surface area contributed by atoms with E-state index in [0.29, 0.717) is 0 Å². The summed E-state index contributed by atoms with van der Waals surface area (Å²) >= 11 is 0. The van der Waals surface area contributed by atoms with Gasteiger partial charge in [0.25, 0.3) is 0 Å². The van der Waals surface area contributed by atoms with Gasteiger partial charge in [0.15, 0.2) is 0 Å². The van der Waals surface area contributed by atoms with Crippen LogP contribution in [-0.4, -0.2) is 44.9 Å². The molecule has 1 fully saturated rings. The first-order valence-corrected chi connectivity index (χ1v) is 9.29. The SMILES string of the molecule is CCC[C@@H](C)n1nccc1NC(=O)NC1CCN(c2cnccn2)CC1. The van der Waals surface area contributed by atoms with Gasteiger partial charge < -0.3 is 10.2 Å². The van der Waals surface area contributed by atoms with Gasteiger partial charge in [0.05, 0.1) is 18.4 Å². The molecular formula is C18H27N7O. The normalized spacial score (nSPS) is 16.3. The lowest BCUT2D eigenvalue weighted by Crippen LogP contribution is -2.46. The second kappa shape index (κ2) is 8.64. The predicted octanol–water partition coefficient (Wildman–Crippen LogP) is 2.82. The van der Waals surface area contributed by atoms with Crippen molar-refractivity contribution in [2.45, 2.75) is 51.6 Å². The number of rotatable bonds is 6. The van der Waals surface area contributed by atoms with Crippen LogP contribution in [0.3, 0.4) is 0 Å². The van der Waals surface area contributed by atoms with Crippen LogP contribution < -0.4 is 15.5 Å². The lowest BCUT2D eigenvalue weighted by Gasteiger charge is -2.32. The van der Waals surface area contributed by atoms with Crippen LogP contribution in [0.25, 0.3) is 0 Å². The highest BCUT2D eigenvalue weighted by molar-refractivity contribution is 5.88. The quantitative estimate of drug-likeness (QED) is 0.830. The van der Waals surface area contributed by atoms with E-state index >= 15 is 0 Å². The highest BCUT2D eigenvalue weighted by atomic mass is 16.2. The Hall–Kier alpha value is -2.64. The molecule has 0 saturated carbocycles. The topological polar surface area (TPSA) is 88.0 Å². The lowest BCUT2D eigenvalue weighted by molar-refractivity contribution is 0.245. The number of nitrogens with zero attached hydrogens (tertiary/aromatic N) is 5. The summed E-state index contributed by atoms with van der Waals surface area (Å²) in [6, 6.07) is 2.09. The summed E-state index contributed by atoms with van der Waals surface area (Å²) in [5.74, 6) is 1.63. The van der Waals surface area contributed by atoms with Crippen LogP contribution in [0.15, 0.2) is 30.9 Å². The molecule has 2 amide bonds. The number of carbonyl (C=O) groups excluding carboxylic acids is 1. The van der Waals surface area contributed by atoms with Gasteiger partial charge in [-0.25, -0.2) is 14.5 Å². The van der Waals surface area contributed by atoms with Gasteiger partial charge in [-0.05, 0) is 26.2 Å². The third-order valence-electron chi connectivity index (χ3n) is 4.74. The summed E-state index contributed by atoms with van der Waals surface area (Å²) in [6.07, 6.45) is 10.8. The minimum atomic E-state index is -0.173. The number of hydrogen-bond donors (Lipinski definition) is 2. The number of aromatic nitrogens is 4. The first kappa shape index (κ1) is 18.2. The average molecular weight is 357 g/mol. The number of piperidine rings is 1. The van der Waals surface area contributed by atoms with Crippen molar-refractivity contribution in [3.63, 3.8) is 0 Å². The highest BCUT2D eigenvalue weighted by Crippen LogP contribution is 2.19. The Kier molecular flexibility index (Phi) is 6.04. The van der Waals surface area contributed by atoms with Crippen molar-refractivity contribution in [3.8, 4) is 0 Å². The van der Waals surface area contributed by atoms with Crippen LogP contribution in [0.1, 0.15) is 45.6 Å². The van der Waals surface area contributed by atoms with Crippen LogP contribution >= 0.6 is 0 Å². The zero-order valence-corrected chi connectivity index (χ0v) is 15.4. The summed E-state index contributed by atoms with van der Waals surface area (Å²) in [5, 5.41) is 10.3. The maximum absolute atomic E-state index is 12.4. The van der Waals surface area contributed by atoms with Crippen molar-refractivity contribution in [1.29, 1.82) is 0 Å². The van der Waals surface area contributed by atoms with E-state index in [2.05, 4.69) is 44.4 Å². The minimum absolute atomic E-state index is 0.160. The molecular weight excluding hydrogens is 330 g/mol. The Morgan fingerprint density at radius 2 is 2.12 bits per heavy atom. The zero-order valence-electron chi connectivity index (χ0n) is 15.4. The van der Waals surface area contributed by atoms with E-state index in [9.17, 15) is 4.79 Å². The second-order valence-corrected chi connectivity index (χ2v) is 6.72. The molecule has 3 heterocycles.